The van der Waals surface area contributed by atoms with Gasteiger partial charge in [0.2, 0.25) is 0 Å². The number of methoxy groups -OCH3 is 1. The van der Waals surface area contributed by atoms with Gasteiger partial charge in [-0.05, 0) is 25.1 Å². The molecule has 0 radical (unpaired) electrons. The molecule has 0 amide bonds. The summed E-state index contributed by atoms with van der Waals surface area (Å²) in [7, 11) is 3.58. The molecule has 5 nitrogen and oxygen atoms in total. The van der Waals surface area contributed by atoms with E-state index < -0.39 is 0 Å². The number of Topliss-reactive ketones (excluding diaryl/α,β-unsaturated/α-hetero) is 1. The number of carbonyl (C=O) groups excluding carboxylic acids is 1. The molecule has 0 aliphatic rings. The molecule has 3 aromatic rings. The Morgan fingerprint density at radius 3 is 2.60 bits per heavy atom. The van der Waals surface area contributed by atoms with Crippen molar-refractivity contribution in [2.45, 2.75) is 17.8 Å². The van der Waals surface area contributed by atoms with Crippen LogP contribution in [-0.2, 0) is 12.8 Å². The molecule has 0 saturated carbocycles. The molecule has 0 N–H and O–H groups in total. The average Bonchev–Trinajstić information content (AvgIpc) is 3.01. The number of ether oxygens (including phenoxy) is 1. The summed E-state index contributed by atoms with van der Waals surface area (Å²) in [6.07, 6.45) is 0. The Hall–Kier alpha value is -2.60. The number of ketones is 1. The minimum atomic E-state index is 0.0407. The van der Waals surface area contributed by atoms with Crippen LogP contribution < -0.4 is 4.74 Å². The molecule has 2 aromatic carbocycles. The van der Waals surface area contributed by atoms with E-state index in [-0.39, 0.29) is 5.78 Å². The lowest BCUT2D eigenvalue weighted by Gasteiger charge is -2.09. The largest absolute Gasteiger partial charge is 0.496 e. The monoisotopic (exact) mass is 353 g/mol. The van der Waals surface area contributed by atoms with Crippen LogP contribution in [0.1, 0.15) is 22.8 Å². The second-order valence-corrected chi connectivity index (χ2v) is 6.55. The fraction of sp³-hybridized carbons (Fsp3) is 0.211. The number of thioether (sulfide) groups is 1. The SMILES string of the molecule is COc1ccc(C(C)=O)cc1CSc1nnc(-c2ccccc2)n1C. The van der Waals surface area contributed by atoms with Gasteiger partial charge in [-0.1, -0.05) is 42.1 Å². The molecule has 128 valence electrons. The molecule has 0 spiro atoms. The van der Waals surface area contributed by atoms with E-state index in [0.29, 0.717) is 11.3 Å². The van der Waals surface area contributed by atoms with Gasteiger partial charge in [0.25, 0.3) is 0 Å². The van der Waals surface area contributed by atoms with Crippen molar-refractivity contribution in [2.75, 3.05) is 7.11 Å². The zero-order chi connectivity index (χ0) is 17.8. The molecule has 0 aliphatic carbocycles. The molecular formula is C19H19N3O2S. The number of carbonyl (C=O) groups is 1. The van der Waals surface area contributed by atoms with E-state index in [1.54, 1.807) is 31.9 Å². The summed E-state index contributed by atoms with van der Waals surface area (Å²) < 4.78 is 7.38. The molecule has 0 bridgehead atoms. The maximum atomic E-state index is 11.6. The van der Waals surface area contributed by atoms with E-state index in [4.69, 9.17) is 4.74 Å². The van der Waals surface area contributed by atoms with Crippen LogP contribution in [0.2, 0.25) is 0 Å². The first kappa shape index (κ1) is 17.2. The maximum Gasteiger partial charge on any atom is 0.191 e. The first-order valence-corrected chi connectivity index (χ1v) is 8.84. The molecule has 0 unspecified atom stereocenters. The summed E-state index contributed by atoms with van der Waals surface area (Å²) in [4.78, 5) is 11.6. The van der Waals surface area contributed by atoms with Crippen LogP contribution in [0, 0.1) is 0 Å². The predicted octanol–water partition coefficient (Wildman–Crippen LogP) is 3.99. The van der Waals surface area contributed by atoms with Gasteiger partial charge in [-0.2, -0.15) is 0 Å². The minimum absolute atomic E-state index is 0.0407. The zero-order valence-electron chi connectivity index (χ0n) is 14.4. The highest BCUT2D eigenvalue weighted by atomic mass is 32.2. The maximum absolute atomic E-state index is 11.6. The van der Waals surface area contributed by atoms with Gasteiger partial charge in [-0.25, -0.2) is 0 Å². The first-order chi connectivity index (χ1) is 12.1. The molecule has 25 heavy (non-hydrogen) atoms. The van der Waals surface area contributed by atoms with E-state index in [0.717, 1.165) is 27.9 Å². The van der Waals surface area contributed by atoms with Gasteiger partial charge in [-0.3, -0.25) is 4.79 Å². The zero-order valence-corrected chi connectivity index (χ0v) is 15.2. The predicted molar refractivity (Wildman–Crippen MR) is 99.0 cm³/mol. The molecule has 6 heteroatoms. The lowest BCUT2D eigenvalue weighted by Crippen LogP contribution is -1.98. The van der Waals surface area contributed by atoms with Gasteiger partial charge in [-0.15, -0.1) is 10.2 Å². The molecule has 0 fully saturated rings. The van der Waals surface area contributed by atoms with Crippen molar-refractivity contribution in [3.05, 3.63) is 59.7 Å². The van der Waals surface area contributed by atoms with Crippen molar-refractivity contribution in [1.29, 1.82) is 0 Å². The second kappa shape index (κ2) is 7.53. The Labute approximate surface area is 151 Å². The number of aromatic nitrogens is 3. The van der Waals surface area contributed by atoms with Gasteiger partial charge in [0, 0.05) is 29.5 Å². The number of hydrogen-bond acceptors (Lipinski definition) is 5. The summed E-state index contributed by atoms with van der Waals surface area (Å²) in [5.41, 5.74) is 2.67. The molecule has 1 heterocycles. The highest BCUT2D eigenvalue weighted by Crippen LogP contribution is 2.29. The average molecular weight is 353 g/mol. The van der Waals surface area contributed by atoms with Crippen molar-refractivity contribution < 1.29 is 9.53 Å². The van der Waals surface area contributed by atoms with E-state index in [2.05, 4.69) is 10.2 Å². The van der Waals surface area contributed by atoms with Gasteiger partial charge in [0.05, 0.1) is 7.11 Å². The van der Waals surface area contributed by atoms with Crippen LogP contribution in [0.3, 0.4) is 0 Å². The summed E-state index contributed by atoms with van der Waals surface area (Å²) in [5.74, 6) is 2.28. The van der Waals surface area contributed by atoms with E-state index in [9.17, 15) is 4.79 Å². The van der Waals surface area contributed by atoms with Gasteiger partial charge < -0.3 is 9.30 Å². The highest BCUT2D eigenvalue weighted by Gasteiger charge is 2.13. The molecule has 0 atom stereocenters. The Morgan fingerprint density at radius 1 is 1.16 bits per heavy atom. The molecule has 0 saturated heterocycles. The molecular weight excluding hydrogens is 334 g/mol. The third kappa shape index (κ3) is 3.74. The first-order valence-electron chi connectivity index (χ1n) is 7.85. The van der Waals surface area contributed by atoms with E-state index in [1.165, 1.54) is 0 Å². The molecule has 3 rings (SSSR count). The Bertz CT molecular complexity index is 891. The van der Waals surface area contributed by atoms with Crippen molar-refractivity contribution >= 4 is 17.5 Å². The minimum Gasteiger partial charge on any atom is -0.496 e. The van der Waals surface area contributed by atoms with Gasteiger partial charge in [0.15, 0.2) is 16.8 Å². The van der Waals surface area contributed by atoms with Crippen molar-refractivity contribution in [3.63, 3.8) is 0 Å². The van der Waals surface area contributed by atoms with E-state index >= 15 is 0 Å². The number of benzene rings is 2. The Balaban J connectivity index is 1.82. The van der Waals surface area contributed by atoms with Crippen LogP contribution in [0.4, 0.5) is 0 Å². The smallest absolute Gasteiger partial charge is 0.191 e. The van der Waals surface area contributed by atoms with Crippen LogP contribution in [0.5, 0.6) is 5.75 Å². The quantitative estimate of drug-likeness (QED) is 0.495. The van der Waals surface area contributed by atoms with E-state index in [1.807, 2.05) is 54.1 Å². The van der Waals surface area contributed by atoms with Crippen LogP contribution >= 0.6 is 11.8 Å². The Kier molecular flexibility index (Phi) is 5.19. The van der Waals surface area contributed by atoms with Crippen molar-refractivity contribution in [3.8, 4) is 17.1 Å². The highest BCUT2D eigenvalue weighted by molar-refractivity contribution is 7.98. The fourth-order valence-electron chi connectivity index (χ4n) is 2.53. The summed E-state index contributed by atoms with van der Waals surface area (Å²) in [5, 5.41) is 9.40. The lowest BCUT2D eigenvalue weighted by atomic mass is 10.1. The van der Waals surface area contributed by atoms with Crippen LogP contribution in [0.25, 0.3) is 11.4 Å². The molecule has 0 aliphatic heterocycles. The summed E-state index contributed by atoms with van der Waals surface area (Å²) in [6, 6.07) is 15.5. The van der Waals surface area contributed by atoms with Gasteiger partial charge in [0.1, 0.15) is 5.75 Å². The van der Waals surface area contributed by atoms with Crippen LogP contribution in [-0.4, -0.2) is 27.7 Å². The van der Waals surface area contributed by atoms with Crippen molar-refractivity contribution in [1.82, 2.24) is 14.8 Å². The third-order valence-electron chi connectivity index (χ3n) is 3.91. The second-order valence-electron chi connectivity index (χ2n) is 5.60. The standard InChI is InChI=1S/C19H19N3O2S/c1-13(23)15-9-10-17(24-3)16(11-15)12-25-19-21-20-18(22(19)2)14-7-5-4-6-8-14/h4-11H,12H2,1-3H3. The van der Waals surface area contributed by atoms with Crippen molar-refractivity contribution in [2.24, 2.45) is 7.05 Å². The third-order valence-corrected chi connectivity index (χ3v) is 4.98. The topological polar surface area (TPSA) is 57.0 Å². The van der Waals surface area contributed by atoms with Crippen LogP contribution in [0.15, 0.2) is 53.7 Å². The number of hydrogen-bond donors (Lipinski definition) is 0. The fourth-order valence-corrected chi connectivity index (χ4v) is 3.42. The summed E-state index contributed by atoms with van der Waals surface area (Å²) >= 11 is 1.56. The number of nitrogens with zero attached hydrogens (tertiary/aromatic N) is 3. The normalized spacial score (nSPS) is 10.7. The number of rotatable bonds is 6. The lowest BCUT2D eigenvalue weighted by molar-refractivity contribution is 0.101. The molecule has 1 aromatic heterocycles. The van der Waals surface area contributed by atoms with Gasteiger partial charge >= 0.3 is 0 Å². The summed E-state index contributed by atoms with van der Waals surface area (Å²) in [6.45, 7) is 1.56. The Morgan fingerprint density at radius 2 is 1.92 bits per heavy atom.